The lowest BCUT2D eigenvalue weighted by Crippen LogP contribution is -2.28. The molecule has 1 aromatic heterocycles. The van der Waals surface area contributed by atoms with Gasteiger partial charge in [-0.25, -0.2) is 0 Å². The minimum Gasteiger partial charge on any atom is -0.363 e. The number of aromatic nitrogens is 2. The highest BCUT2D eigenvalue weighted by atomic mass is 35.5. The summed E-state index contributed by atoms with van der Waals surface area (Å²) in [7, 11) is 0. The zero-order valence-electron chi connectivity index (χ0n) is 11.5. The van der Waals surface area contributed by atoms with Crippen LogP contribution in [0.5, 0.6) is 0 Å². The third-order valence-electron chi connectivity index (χ3n) is 2.78. The molecule has 4 nitrogen and oxygen atoms in total. The largest absolute Gasteiger partial charge is 0.363 e. The maximum absolute atomic E-state index is 5.99. The van der Waals surface area contributed by atoms with Gasteiger partial charge in [0.1, 0.15) is 0 Å². The van der Waals surface area contributed by atoms with Crippen molar-refractivity contribution in [3.05, 3.63) is 46.6 Å². The number of nitrogens with one attached hydrogen (secondary N) is 2. The minimum atomic E-state index is 0.583. The molecule has 0 aliphatic heterocycles. The van der Waals surface area contributed by atoms with Crippen molar-refractivity contribution < 1.29 is 0 Å². The van der Waals surface area contributed by atoms with Crippen molar-refractivity contribution in [1.29, 1.82) is 0 Å². The van der Waals surface area contributed by atoms with Crippen LogP contribution in [-0.2, 0) is 6.54 Å². The standard InChI is InChI=1S/C14H17ClN4S/c1-3-16-14(20)17-13-7-10(2)19(18-13)9-11-5-4-6-12(15)8-11/h4-8H,3,9H2,1-2H3,(H2,16,17,18,20). The van der Waals surface area contributed by atoms with Gasteiger partial charge in [0.05, 0.1) is 6.54 Å². The number of anilines is 1. The lowest BCUT2D eigenvalue weighted by molar-refractivity contribution is 0.668. The summed E-state index contributed by atoms with van der Waals surface area (Å²) in [6, 6.07) is 9.75. The first-order valence-electron chi connectivity index (χ1n) is 6.42. The molecule has 0 bridgehead atoms. The Hall–Kier alpha value is -1.59. The Bertz CT molecular complexity index is 609. The van der Waals surface area contributed by atoms with E-state index in [0.717, 1.165) is 28.6 Å². The Balaban J connectivity index is 2.09. The van der Waals surface area contributed by atoms with Crippen molar-refractivity contribution >= 4 is 34.7 Å². The average Bonchev–Trinajstić information content (AvgIpc) is 2.69. The van der Waals surface area contributed by atoms with Gasteiger partial charge < -0.3 is 10.6 Å². The van der Waals surface area contributed by atoms with Crippen LogP contribution in [0.15, 0.2) is 30.3 Å². The Morgan fingerprint density at radius 1 is 1.40 bits per heavy atom. The maximum atomic E-state index is 5.99. The number of hydrogen-bond acceptors (Lipinski definition) is 2. The van der Waals surface area contributed by atoms with E-state index in [4.69, 9.17) is 23.8 Å². The lowest BCUT2D eigenvalue weighted by Gasteiger charge is -2.06. The predicted octanol–water partition coefficient (Wildman–Crippen LogP) is 3.20. The first kappa shape index (κ1) is 14.8. The van der Waals surface area contributed by atoms with Gasteiger partial charge in [-0.2, -0.15) is 5.10 Å². The fourth-order valence-corrected chi connectivity index (χ4v) is 2.32. The summed E-state index contributed by atoms with van der Waals surface area (Å²) < 4.78 is 1.92. The monoisotopic (exact) mass is 308 g/mol. The molecule has 6 heteroatoms. The second-order valence-electron chi connectivity index (χ2n) is 4.44. The molecule has 0 amide bonds. The van der Waals surface area contributed by atoms with Crippen molar-refractivity contribution in [3.63, 3.8) is 0 Å². The Morgan fingerprint density at radius 3 is 2.90 bits per heavy atom. The maximum Gasteiger partial charge on any atom is 0.171 e. The molecule has 0 saturated carbocycles. The molecule has 0 aliphatic rings. The SMILES string of the molecule is CCNC(=S)Nc1cc(C)n(Cc2cccc(Cl)c2)n1. The van der Waals surface area contributed by atoms with Gasteiger partial charge in [-0.05, 0) is 43.8 Å². The highest BCUT2D eigenvalue weighted by Crippen LogP contribution is 2.14. The van der Waals surface area contributed by atoms with Gasteiger partial charge in [0.15, 0.2) is 10.9 Å². The van der Waals surface area contributed by atoms with Crippen molar-refractivity contribution in [2.45, 2.75) is 20.4 Å². The first-order chi connectivity index (χ1) is 9.58. The van der Waals surface area contributed by atoms with Crippen LogP contribution in [0.25, 0.3) is 0 Å². The van der Waals surface area contributed by atoms with Crippen LogP contribution in [0, 0.1) is 6.92 Å². The van der Waals surface area contributed by atoms with Crippen LogP contribution in [0.2, 0.25) is 5.02 Å². The fourth-order valence-electron chi connectivity index (χ4n) is 1.86. The van der Waals surface area contributed by atoms with E-state index in [-0.39, 0.29) is 0 Å². The summed E-state index contributed by atoms with van der Waals surface area (Å²) in [4.78, 5) is 0. The number of thiocarbonyl (C=S) groups is 1. The molecule has 0 fully saturated rings. The molecular formula is C14H17ClN4S. The predicted molar refractivity (Wildman–Crippen MR) is 87.4 cm³/mol. The molecule has 2 N–H and O–H groups in total. The molecular weight excluding hydrogens is 292 g/mol. The van der Waals surface area contributed by atoms with Crippen LogP contribution < -0.4 is 10.6 Å². The van der Waals surface area contributed by atoms with Gasteiger partial charge in [0, 0.05) is 23.3 Å². The van der Waals surface area contributed by atoms with Crippen LogP contribution >= 0.6 is 23.8 Å². The molecule has 20 heavy (non-hydrogen) atoms. The molecule has 1 aromatic carbocycles. The van der Waals surface area contributed by atoms with Crippen LogP contribution in [-0.4, -0.2) is 21.4 Å². The molecule has 0 atom stereocenters. The average molecular weight is 309 g/mol. The summed E-state index contributed by atoms with van der Waals surface area (Å²) >= 11 is 11.1. The summed E-state index contributed by atoms with van der Waals surface area (Å²) in [6.45, 7) is 5.48. The lowest BCUT2D eigenvalue weighted by atomic mass is 10.2. The Kier molecular flexibility index (Phi) is 4.98. The van der Waals surface area contributed by atoms with Crippen molar-refractivity contribution in [2.24, 2.45) is 0 Å². The third kappa shape index (κ3) is 3.95. The molecule has 2 rings (SSSR count). The van der Waals surface area contributed by atoms with Gasteiger partial charge in [-0.3, -0.25) is 4.68 Å². The number of aryl methyl sites for hydroxylation is 1. The van der Waals surface area contributed by atoms with E-state index in [1.165, 1.54) is 0 Å². The van der Waals surface area contributed by atoms with Gasteiger partial charge in [-0.1, -0.05) is 23.7 Å². The summed E-state index contributed by atoms with van der Waals surface area (Å²) in [5, 5.41) is 11.9. The van der Waals surface area contributed by atoms with E-state index in [9.17, 15) is 0 Å². The number of benzene rings is 1. The van der Waals surface area contributed by atoms with E-state index in [2.05, 4.69) is 15.7 Å². The molecule has 0 spiro atoms. The van der Waals surface area contributed by atoms with Crippen LogP contribution in [0.3, 0.4) is 0 Å². The van der Waals surface area contributed by atoms with E-state index in [1.54, 1.807) is 0 Å². The normalized spacial score (nSPS) is 10.3. The number of nitrogens with zero attached hydrogens (tertiary/aromatic N) is 2. The number of rotatable bonds is 4. The molecule has 2 aromatic rings. The zero-order valence-corrected chi connectivity index (χ0v) is 13.1. The topological polar surface area (TPSA) is 41.9 Å². The summed E-state index contributed by atoms with van der Waals surface area (Å²) in [5.74, 6) is 0.746. The Morgan fingerprint density at radius 2 is 2.20 bits per heavy atom. The van der Waals surface area contributed by atoms with E-state index in [1.807, 2.05) is 48.9 Å². The van der Waals surface area contributed by atoms with Crippen molar-refractivity contribution in [2.75, 3.05) is 11.9 Å². The molecule has 1 heterocycles. The van der Waals surface area contributed by atoms with Crippen LogP contribution in [0.1, 0.15) is 18.2 Å². The van der Waals surface area contributed by atoms with Gasteiger partial charge >= 0.3 is 0 Å². The fraction of sp³-hybridized carbons (Fsp3) is 0.286. The Labute approximate surface area is 129 Å². The molecule has 106 valence electrons. The molecule has 0 radical (unpaired) electrons. The summed E-state index contributed by atoms with van der Waals surface area (Å²) in [5.41, 5.74) is 2.18. The zero-order chi connectivity index (χ0) is 14.5. The van der Waals surface area contributed by atoms with Crippen molar-refractivity contribution in [1.82, 2.24) is 15.1 Å². The summed E-state index contributed by atoms with van der Waals surface area (Å²) in [6.07, 6.45) is 0. The van der Waals surface area contributed by atoms with E-state index in [0.29, 0.717) is 11.7 Å². The van der Waals surface area contributed by atoms with Gasteiger partial charge in [-0.15, -0.1) is 0 Å². The van der Waals surface area contributed by atoms with Gasteiger partial charge in [0.2, 0.25) is 0 Å². The third-order valence-corrected chi connectivity index (χ3v) is 3.26. The quantitative estimate of drug-likeness (QED) is 0.851. The first-order valence-corrected chi connectivity index (χ1v) is 7.21. The van der Waals surface area contributed by atoms with E-state index < -0.39 is 0 Å². The molecule has 0 saturated heterocycles. The molecule has 0 aliphatic carbocycles. The highest BCUT2D eigenvalue weighted by Gasteiger charge is 2.06. The highest BCUT2D eigenvalue weighted by molar-refractivity contribution is 7.80. The van der Waals surface area contributed by atoms with E-state index >= 15 is 0 Å². The van der Waals surface area contributed by atoms with Gasteiger partial charge in [0.25, 0.3) is 0 Å². The smallest absolute Gasteiger partial charge is 0.171 e. The minimum absolute atomic E-state index is 0.583. The molecule has 0 unspecified atom stereocenters. The number of halogens is 1. The van der Waals surface area contributed by atoms with Crippen molar-refractivity contribution in [3.8, 4) is 0 Å². The van der Waals surface area contributed by atoms with Crippen LogP contribution in [0.4, 0.5) is 5.82 Å². The number of hydrogen-bond donors (Lipinski definition) is 2. The second kappa shape index (κ2) is 6.72. The second-order valence-corrected chi connectivity index (χ2v) is 5.29.